The second-order valence-corrected chi connectivity index (χ2v) is 4.76. The van der Waals surface area contributed by atoms with Crippen molar-refractivity contribution in [2.24, 2.45) is 0 Å². The maximum Gasteiger partial charge on any atom is 0.308 e. The molecule has 1 aliphatic heterocycles. The van der Waals surface area contributed by atoms with Crippen LogP contribution in [0.2, 0.25) is 0 Å². The van der Waals surface area contributed by atoms with Crippen molar-refractivity contribution in [3.63, 3.8) is 0 Å². The number of nitrogens with zero attached hydrogens (tertiary/aromatic N) is 1. The van der Waals surface area contributed by atoms with Crippen molar-refractivity contribution < 1.29 is 22.7 Å². The fraction of sp³-hybridized carbons (Fsp3) is 0.538. The summed E-state index contributed by atoms with van der Waals surface area (Å²) in [7, 11) is 0. The molecule has 0 radical (unpaired) electrons. The zero-order chi connectivity index (χ0) is 14.0. The molecule has 1 aromatic carbocycles. The SMILES string of the molecule is O[C@H]1CN(CCC(F)(F)C(F)F)Cc2ccccc21. The lowest BCUT2D eigenvalue weighted by atomic mass is 9.97. The molecule has 1 heterocycles. The van der Waals surface area contributed by atoms with E-state index in [4.69, 9.17) is 0 Å². The summed E-state index contributed by atoms with van der Waals surface area (Å²) in [4.78, 5) is 1.57. The fourth-order valence-corrected chi connectivity index (χ4v) is 2.24. The highest BCUT2D eigenvalue weighted by Crippen LogP contribution is 2.30. The molecule has 1 aliphatic rings. The Morgan fingerprint density at radius 1 is 1.32 bits per heavy atom. The number of hydrogen-bond acceptors (Lipinski definition) is 2. The lowest BCUT2D eigenvalue weighted by Crippen LogP contribution is -2.38. The second kappa shape index (κ2) is 5.46. The Labute approximate surface area is 108 Å². The molecule has 106 valence electrons. The van der Waals surface area contributed by atoms with E-state index in [9.17, 15) is 22.7 Å². The first-order valence-corrected chi connectivity index (χ1v) is 6.04. The van der Waals surface area contributed by atoms with Gasteiger partial charge in [-0.15, -0.1) is 0 Å². The molecule has 6 heteroatoms. The van der Waals surface area contributed by atoms with Crippen LogP contribution in [0.5, 0.6) is 0 Å². The molecule has 0 fully saturated rings. The fourth-order valence-electron chi connectivity index (χ4n) is 2.24. The molecule has 1 atom stereocenters. The van der Waals surface area contributed by atoms with E-state index >= 15 is 0 Å². The zero-order valence-electron chi connectivity index (χ0n) is 10.2. The topological polar surface area (TPSA) is 23.5 Å². The van der Waals surface area contributed by atoms with Gasteiger partial charge in [0.2, 0.25) is 0 Å². The molecule has 2 nitrogen and oxygen atoms in total. The summed E-state index contributed by atoms with van der Waals surface area (Å²) in [6.07, 6.45) is -5.31. The summed E-state index contributed by atoms with van der Waals surface area (Å²) < 4.78 is 49.8. The highest BCUT2D eigenvalue weighted by molar-refractivity contribution is 5.31. The Morgan fingerprint density at radius 2 is 2.00 bits per heavy atom. The predicted molar refractivity (Wildman–Crippen MR) is 62.2 cm³/mol. The van der Waals surface area contributed by atoms with Gasteiger partial charge in [-0.25, -0.2) is 17.6 Å². The van der Waals surface area contributed by atoms with Crippen LogP contribution in [0.25, 0.3) is 0 Å². The van der Waals surface area contributed by atoms with Gasteiger partial charge in [-0.2, -0.15) is 0 Å². The summed E-state index contributed by atoms with van der Waals surface area (Å²) in [5.41, 5.74) is 1.63. The molecule has 0 spiro atoms. The summed E-state index contributed by atoms with van der Waals surface area (Å²) >= 11 is 0. The Kier molecular flexibility index (Phi) is 4.10. The Bertz CT molecular complexity index is 438. The Balaban J connectivity index is 1.98. The van der Waals surface area contributed by atoms with Crippen LogP contribution in [0.15, 0.2) is 24.3 Å². The van der Waals surface area contributed by atoms with Crippen LogP contribution in [0, 0.1) is 0 Å². The van der Waals surface area contributed by atoms with E-state index < -0.39 is 24.9 Å². The van der Waals surface area contributed by atoms with Gasteiger partial charge >= 0.3 is 12.3 Å². The molecule has 0 saturated heterocycles. The first kappa shape index (κ1) is 14.3. The first-order valence-electron chi connectivity index (χ1n) is 6.04. The highest BCUT2D eigenvalue weighted by Gasteiger charge is 2.40. The van der Waals surface area contributed by atoms with Crippen LogP contribution in [0.4, 0.5) is 17.6 Å². The van der Waals surface area contributed by atoms with Crippen LogP contribution in [-0.4, -0.2) is 35.4 Å². The van der Waals surface area contributed by atoms with Gasteiger partial charge in [-0.1, -0.05) is 24.3 Å². The van der Waals surface area contributed by atoms with Crippen molar-refractivity contribution >= 4 is 0 Å². The standard InChI is InChI=1S/C13H15F4NO/c14-12(15)13(16,17)5-6-18-7-9-3-1-2-4-10(9)11(19)8-18/h1-4,11-12,19H,5-8H2/t11-/m0/s1. The third kappa shape index (κ3) is 3.25. The van der Waals surface area contributed by atoms with Crippen molar-refractivity contribution in [1.82, 2.24) is 4.90 Å². The summed E-state index contributed by atoms with van der Waals surface area (Å²) in [5.74, 6) is -3.97. The van der Waals surface area contributed by atoms with Crippen LogP contribution in [-0.2, 0) is 6.54 Å². The minimum Gasteiger partial charge on any atom is -0.387 e. The van der Waals surface area contributed by atoms with E-state index in [1.807, 2.05) is 0 Å². The maximum absolute atomic E-state index is 12.9. The van der Waals surface area contributed by atoms with Gasteiger partial charge in [-0.3, -0.25) is 4.90 Å². The number of halogens is 4. The molecule has 1 N–H and O–H groups in total. The van der Waals surface area contributed by atoms with Crippen molar-refractivity contribution in [2.45, 2.75) is 31.4 Å². The average Bonchev–Trinajstić information content (AvgIpc) is 2.36. The van der Waals surface area contributed by atoms with Gasteiger partial charge in [0.25, 0.3) is 0 Å². The molecule has 0 amide bonds. The number of benzene rings is 1. The molecular formula is C13H15F4NO. The smallest absolute Gasteiger partial charge is 0.308 e. The van der Waals surface area contributed by atoms with Crippen LogP contribution in [0.1, 0.15) is 23.7 Å². The van der Waals surface area contributed by atoms with Crippen molar-refractivity contribution in [2.75, 3.05) is 13.1 Å². The van der Waals surface area contributed by atoms with Gasteiger partial charge in [0.05, 0.1) is 6.10 Å². The molecule has 2 rings (SSSR count). The third-order valence-electron chi connectivity index (χ3n) is 3.32. The number of aliphatic hydroxyl groups excluding tert-OH is 1. The molecule has 1 aromatic rings. The van der Waals surface area contributed by atoms with Gasteiger partial charge in [0.1, 0.15) is 0 Å². The number of hydrogen-bond donors (Lipinski definition) is 1. The normalized spacial score (nSPS) is 20.6. The lowest BCUT2D eigenvalue weighted by molar-refractivity contribution is -0.136. The van der Waals surface area contributed by atoms with Crippen LogP contribution < -0.4 is 0 Å². The van der Waals surface area contributed by atoms with Gasteiger partial charge in [0.15, 0.2) is 0 Å². The largest absolute Gasteiger partial charge is 0.387 e. The van der Waals surface area contributed by atoms with E-state index in [0.29, 0.717) is 6.54 Å². The molecule has 0 unspecified atom stereocenters. The third-order valence-corrected chi connectivity index (χ3v) is 3.32. The summed E-state index contributed by atoms with van der Waals surface area (Å²) in [5, 5.41) is 9.89. The van der Waals surface area contributed by atoms with Crippen LogP contribution in [0.3, 0.4) is 0 Å². The molecule has 0 aromatic heterocycles. The van der Waals surface area contributed by atoms with Gasteiger partial charge in [0, 0.05) is 26.1 Å². The van der Waals surface area contributed by atoms with E-state index in [1.165, 1.54) is 0 Å². The number of rotatable bonds is 4. The molecule has 19 heavy (non-hydrogen) atoms. The Morgan fingerprint density at radius 3 is 2.68 bits per heavy atom. The predicted octanol–water partition coefficient (Wildman–Crippen LogP) is 2.83. The lowest BCUT2D eigenvalue weighted by Gasteiger charge is -2.32. The van der Waals surface area contributed by atoms with Gasteiger partial charge < -0.3 is 5.11 Å². The van der Waals surface area contributed by atoms with Crippen LogP contribution >= 0.6 is 0 Å². The van der Waals surface area contributed by atoms with Crippen molar-refractivity contribution in [1.29, 1.82) is 0 Å². The number of aliphatic hydroxyl groups is 1. The minimum atomic E-state index is -3.97. The maximum atomic E-state index is 12.9. The van der Waals surface area contributed by atoms with E-state index in [0.717, 1.165) is 11.1 Å². The number of alkyl halides is 4. The highest BCUT2D eigenvalue weighted by atomic mass is 19.3. The number of β-amino-alcohol motifs (C(OH)–C–C–N with tert-alkyl or cyclic N) is 1. The second-order valence-electron chi connectivity index (χ2n) is 4.76. The van der Waals surface area contributed by atoms with Gasteiger partial charge in [-0.05, 0) is 11.1 Å². The molecule has 0 bridgehead atoms. The van der Waals surface area contributed by atoms with E-state index in [2.05, 4.69) is 0 Å². The quantitative estimate of drug-likeness (QED) is 0.855. The van der Waals surface area contributed by atoms with Crippen molar-refractivity contribution in [3.8, 4) is 0 Å². The zero-order valence-corrected chi connectivity index (χ0v) is 10.2. The van der Waals surface area contributed by atoms with Crippen molar-refractivity contribution in [3.05, 3.63) is 35.4 Å². The first-order chi connectivity index (χ1) is 8.90. The Hall–Kier alpha value is -1.14. The molecule has 0 saturated carbocycles. The van der Waals surface area contributed by atoms with E-state index in [-0.39, 0.29) is 13.1 Å². The van der Waals surface area contributed by atoms with E-state index in [1.54, 1.807) is 29.2 Å². The molecule has 0 aliphatic carbocycles. The average molecular weight is 277 g/mol. The summed E-state index contributed by atoms with van der Waals surface area (Å²) in [6.45, 7) is 0.422. The number of fused-ring (bicyclic) bond motifs is 1. The molecular weight excluding hydrogens is 262 g/mol. The summed E-state index contributed by atoms with van der Waals surface area (Å²) in [6, 6.07) is 7.17. The minimum absolute atomic E-state index is 0.164. The monoisotopic (exact) mass is 277 g/mol.